The van der Waals surface area contributed by atoms with Crippen molar-refractivity contribution in [1.29, 1.82) is 0 Å². The van der Waals surface area contributed by atoms with Crippen LogP contribution in [0.15, 0.2) is 35.6 Å². The van der Waals surface area contributed by atoms with Gasteiger partial charge in [-0.1, -0.05) is 55.1 Å². The second-order valence-corrected chi connectivity index (χ2v) is 9.31. The van der Waals surface area contributed by atoms with E-state index in [0.29, 0.717) is 11.7 Å². The van der Waals surface area contributed by atoms with Crippen molar-refractivity contribution in [3.63, 3.8) is 0 Å². The molecular weight excluding hydrogens is 402 g/mol. The van der Waals surface area contributed by atoms with Crippen molar-refractivity contribution in [1.82, 2.24) is 15.0 Å². The lowest BCUT2D eigenvalue weighted by atomic mass is 10.0. The SMILES string of the molecule is CCc1ccccc1NC(=O)CSc1ncnc2nc(N3CCC[C@@H](C)C3)sc12. The molecule has 1 N–H and O–H groups in total. The number of carbonyl (C=O) groups excluding carboxylic acids is 1. The van der Waals surface area contributed by atoms with Gasteiger partial charge in [-0.05, 0) is 36.8 Å². The molecule has 3 aromatic rings. The van der Waals surface area contributed by atoms with Crippen LogP contribution in [0.4, 0.5) is 10.8 Å². The van der Waals surface area contributed by atoms with E-state index in [1.54, 1.807) is 11.3 Å². The van der Waals surface area contributed by atoms with E-state index in [1.807, 2.05) is 24.3 Å². The average molecular weight is 428 g/mol. The topological polar surface area (TPSA) is 71.0 Å². The first-order chi connectivity index (χ1) is 14.1. The van der Waals surface area contributed by atoms with Gasteiger partial charge in [0.25, 0.3) is 0 Å². The predicted molar refractivity (Wildman–Crippen MR) is 121 cm³/mol. The molecule has 1 fully saturated rings. The molecule has 29 heavy (non-hydrogen) atoms. The van der Waals surface area contributed by atoms with Gasteiger partial charge in [0.1, 0.15) is 16.1 Å². The second-order valence-electron chi connectivity index (χ2n) is 7.37. The molecular formula is C21H25N5OS2. The van der Waals surface area contributed by atoms with Crippen LogP contribution >= 0.6 is 23.1 Å². The van der Waals surface area contributed by atoms with Crippen molar-refractivity contribution in [2.45, 2.75) is 38.1 Å². The van der Waals surface area contributed by atoms with E-state index < -0.39 is 0 Å². The first-order valence-electron chi connectivity index (χ1n) is 10.0. The molecule has 152 valence electrons. The highest BCUT2D eigenvalue weighted by Crippen LogP contribution is 2.35. The van der Waals surface area contributed by atoms with Gasteiger partial charge in [0.05, 0.1) is 5.75 Å². The summed E-state index contributed by atoms with van der Waals surface area (Å²) in [5.74, 6) is 0.959. The highest BCUT2D eigenvalue weighted by Gasteiger charge is 2.21. The highest BCUT2D eigenvalue weighted by molar-refractivity contribution is 8.00. The molecule has 0 bridgehead atoms. The lowest BCUT2D eigenvalue weighted by Crippen LogP contribution is -2.34. The number of nitrogens with zero attached hydrogens (tertiary/aromatic N) is 4. The number of hydrogen-bond acceptors (Lipinski definition) is 7. The van der Waals surface area contributed by atoms with Gasteiger partial charge in [0.15, 0.2) is 10.8 Å². The van der Waals surface area contributed by atoms with Crippen molar-refractivity contribution in [2.75, 3.05) is 29.1 Å². The molecule has 1 atom stereocenters. The number of aromatic nitrogens is 3. The van der Waals surface area contributed by atoms with Crippen LogP contribution in [0.5, 0.6) is 0 Å². The molecule has 8 heteroatoms. The van der Waals surface area contributed by atoms with Crippen LogP contribution in [0, 0.1) is 5.92 Å². The zero-order valence-corrected chi connectivity index (χ0v) is 18.4. The van der Waals surface area contributed by atoms with Crippen LogP contribution in [-0.2, 0) is 11.2 Å². The standard InChI is InChI=1S/C21H25N5OS2/c1-3-15-8-4-5-9-16(15)24-17(27)12-28-20-18-19(22-13-23-20)25-21(29-18)26-10-6-7-14(2)11-26/h4-5,8-9,13-14H,3,6-7,10-12H2,1-2H3,(H,24,27)/t14-/m1/s1. The Labute approximate surface area is 179 Å². The van der Waals surface area contributed by atoms with E-state index >= 15 is 0 Å². The summed E-state index contributed by atoms with van der Waals surface area (Å²) in [6.45, 7) is 6.45. The minimum atomic E-state index is -0.0303. The molecule has 0 aliphatic carbocycles. The largest absolute Gasteiger partial charge is 0.348 e. The van der Waals surface area contributed by atoms with Gasteiger partial charge in [-0.3, -0.25) is 4.79 Å². The Bertz CT molecular complexity index is 1010. The monoisotopic (exact) mass is 427 g/mol. The average Bonchev–Trinajstić information content (AvgIpc) is 3.18. The van der Waals surface area contributed by atoms with Gasteiger partial charge in [0.2, 0.25) is 5.91 Å². The molecule has 0 saturated carbocycles. The van der Waals surface area contributed by atoms with Gasteiger partial charge in [-0.15, -0.1) is 0 Å². The number of hydrogen-bond donors (Lipinski definition) is 1. The van der Waals surface area contributed by atoms with Crippen LogP contribution < -0.4 is 10.2 Å². The Kier molecular flexibility index (Phi) is 6.30. The van der Waals surface area contributed by atoms with Gasteiger partial charge < -0.3 is 10.2 Å². The molecule has 1 aliphatic rings. The molecule has 2 aromatic heterocycles. The molecule has 1 aromatic carbocycles. The number of fused-ring (bicyclic) bond motifs is 1. The van der Waals surface area contributed by atoms with E-state index in [0.717, 1.165) is 51.3 Å². The third kappa shape index (κ3) is 4.70. The van der Waals surface area contributed by atoms with E-state index in [2.05, 4.69) is 34.0 Å². The number of carbonyl (C=O) groups is 1. The first kappa shape index (κ1) is 20.1. The molecule has 6 nitrogen and oxygen atoms in total. The third-order valence-corrected chi connectivity index (χ3v) is 7.32. The zero-order chi connectivity index (χ0) is 20.2. The van der Waals surface area contributed by atoms with E-state index in [1.165, 1.54) is 30.9 Å². The van der Waals surface area contributed by atoms with Gasteiger partial charge in [-0.25, -0.2) is 9.97 Å². The van der Waals surface area contributed by atoms with Crippen LogP contribution in [0.25, 0.3) is 10.3 Å². The van der Waals surface area contributed by atoms with Crippen molar-refractivity contribution >= 4 is 50.2 Å². The molecule has 1 amide bonds. The summed E-state index contributed by atoms with van der Waals surface area (Å²) in [5, 5.41) is 4.85. The molecule has 4 rings (SSSR count). The summed E-state index contributed by atoms with van der Waals surface area (Å²) < 4.78 is 0.965. The number of piperidine rings is 1. The number of para-hydroxylation sites is 1. The van der Waals surface area contributed by atoms with Gasteiger partial charge in [0, 0.05) is 18.8 Å². The molecule has 0 radical (unpaired) electrons. The molecule has 0 spiro atoms. The number of anilines is 2. The third-order valence-electron chi connectivity index (χ3n) is 5.09. The Hall–Kier alpha value is -2.19. The van der Waals surface area contributed by atoms with Crippen molar-refractivity contribution in [2.24, 2.45) is 5.92 Å². The lowest BCUT2D eigenvalue weighted by molar-refractivity contribution is -0.113. The highest BCUT2D eigenvalue weighted by atomic mass is 32.2. The summed E-state index contributed by atoms with van der Waals surface area (Å²) in [4.78, 5) is 28.3. The Morgan fingerprint density at radius 2 is 2.21 bits per heavy atom. The number of thioether (sulfide) groups is 1. The first-order valence-corrected chi connectivity index (χ1v) is 11.8. The van der Waals surface area contributed by atoms with Crippen molar-refractivity contribution in [3.05, 3.63) is 36.2 Å². The molecule has 0 unspecified atom stereocenters. The van der Waals surface area contributed by atoms with Gasteiger partial charge in [-0.2, -0.15) is 4.98 Å². The van der Waals surface area contributed by atoms with Crippen LogP contribution in [0.2, 0.25) is 0 Å². The summed E-state index contributed by atoms with van der Waals surface area (Å²) in [5.41, 5.74) is 2.74. The van der Waals surface area contributed by atoms with E-state index in [-0.39, 0.29) is 5.91 Å². The number of rotatable bonds is 6. The van der Waals surface area contributed by atoms with Gasteiger partial charge >= 0.3 is 0 Å². The lowest BCUT2D eigenvalue weighted by Gasteiger charge is -2.30. The summed E-state index contributed by atoms with van der Waals surface area (Å²) in [7, 11) is 0. The molecule has 3 heterocycles. The Morgan fingerprint density at radius 3 is 3.03 bits per heavy atom. The normalized spacial score (nSPS) is 16.9. The maximum Gasteiger partial charge on any atom is 0.234 e. The summed E-state index contributed by atoms with van der Waals surface area (Å²) in [6, 6.07) is 7.91. The summed E-state index contributed by atoms with van der Waals surface area (Å²) in [6.07, 6.45) is 4.90. The maximum absolute atomic E-state index is 12.5. The minimum Gasteiger partial charge on any atom is -0.348 e. The number of amides is 1. The zero-order valence-electron chi connectivity index (χ0n) is 16.7. The predicted octanol–water partition coefficient (Wildman–Crippen LogP) is 4.62. The molecule has 1 saturated heterocycles. The number of nitrogens with one attached hydrogen (secondary N) is 1. The quantitative estimate of drug-likeness (QED) is 0.457. The Morgan fingerprint density at radius 1 is 1.34 bits per heavy atom. The minimum absolute atomic E-state index is 0.0303. The fraction of sp³-hybridized carbons (Fsp3) is 0.429. The van der Waals surface area contributed by atoms with Crippen molar-refractivity contribution in [3.8, 4) is 0 Å². The molecule has 1 aliphatic heterocycles. The number of thiazole rings is 1. The van der Waals surface area contributed by atoms with Crippen LogP contribution in [-0.4, -0.2) is 39.7 Å². The summed E-state index contributed by atoms with van der Waals surface area (Å²) >= 11 is 3.07. The van der Waals surface area contributed by atoms with E-state index in [9.17, 15) is 4.79 Å². The smallest absolute Gasteiger partial charge is 0.234 e. The van der Waals surface area contributed by atoms with Crippen LogP contribution in [0.3, 0.4) is 0 Å². The van der Waals surface area contributed by atoms with Crippen LogP contribution in [0.1, 0.15) is 32.3 Å². The number of benzene rings is 1. The number of aryl methyl sites for hydroxylation is 1. The van der Waals surface area contributed by atoms with E-state index in [4.69, 9.17) is 4.98 Å². The maximum atomic E-state index is 12.5. The van der Waals surface area contributed by atoms with Crippen molar-refractivity contribution < 1.29 is 4.79 Å². The fourth-order valence-electron chi connectivity index (χ4n) is 3.59. The fourth-order valence-corrected chi connectivity index (χ4v) is 5.52. The Balaban J connectivity index is 1.46. The second kappa shape index (κ2) is 9.09.